The Hall–Kier alpha value is -1.58. The van der Waals surface area contributed by atoms with Gasteiger partial charge in [-0.25, -0.2) is 4.98 Å². The molecule has 4 nitrogen and oxygen atoms in total. The average Bonchev–Trinajstić information content (AvgIpc) is 2.25. The Bertz CT molecular complexity index is 416. The molecule has 0 fully saturated rings. The fourth-order valence-electron chi connectivity index (χ4n) is 1.23. The lowest BCUT2D eigenvalue weighted by Crippen LogP contribution is -2.30. The molecule has 1 rings (SSSR count). The van der Waals surface area contributed by atoms with Crippen LogP contribution < -0.4 is 5.32 Å². The van der Waals surface area contributed by atoms with Crippen molar-refractivity contribution < 1.29 is 9.90 Å². The van der Waals surface area contributed by atoms with Gasteiger partial charge in [0.2, 0.25) is 5.91 Å². The van der Waals surface area contributed by atoms with Crippen molar-refractivity contribution in [2.24, 2.45) is 5.41 Å². The summed E-state index contributed by atoms with van der Waals surface area (Å²) in [5, 5.41) is 12.4. The third kappa shape index (κ3) is 2.96. The number of aryl methyl sites for hydroxylation is 1. The zero-order valence-electron chi connectivity index (χ0n) is 11.1. The zero-order valence-corrected chi connectivity index (χ0v) is 11.1. The molecule has 0 radical (unpaired) electrons. The van der Waals surface area contributed by atoms with Crippen LogP contribution in [0.1, 0.15) is 38.4 Å². The molecule has 0 aromatic carbocycles. The summed E-state index contributed by atoms with van der Waals surface area (Å²) in [5.41, 5.74) is 1.02. The maximum absolute atomic E-state index is 11.9. The molecule has 0 aliphatic rings. The smallest absolute Gasteiger partial charge is 0.231 e. The predicted molar refractivity (Wildman–Crippen MR) is 68.1 cm³/mol. The minimum atomic E-state index is -0.434. The highest BCUT2D eigenvalue weighted by molar-refractivity contribution is 5.94. The van der Waals surface area contributed by atoms with Gasteiger partial charge in [0.15, 0.2) is 0 Å². The van der Waals surface area contributed by atoms with Gasteiger partial charge in [0.05, 0.1) is 0 Å². The molecule has 0 bridgehead atoms. The van der Waals surface area contributed by atoms with E-state index >= 15 is 0 Å². The number of rotatable bonds is 3. The lowest BCUT2D eigenvalue weighted by Gasteiger charge is -2.21. The second kappa shape index (κ2) is 4.73. The summed E-state index contributed by atoms with van der Waals surface area (Å²) < 4.78 is 0. The van der Waals surface area contributed by atoms with E-state index < -0.39 is 5.41 Å². The summed E-state index contributed by atoms with van der Waals surface area (Å²) in [6, 6.07) is 1.48. The minimum absolute atomic E-state index is 0.0878. The lowest BCUT2D eigenvalue weighted by molar-refractivity contribution is -0.124. The van der Waals surface area contributed by atoms with Crippen LogP contribution in [0.25, 0.3) is 0 Å². The zero-order chi connectivity index (χ0) is 13.2. The van der Waals surface area contributed by atoms with Crippen molar-refractivity contribution in [2.75, 3.05) is 5.32 Å². The number of nitrogens with one attached hydrogen (secondary N) is 1. The average molecular weight is 236 g/mol. The number of pyridine rings is 1. The van der Waals surface area contributed by atoms with Crippen LogP contribution in [0, 0.1) is 19.3 Å². The summed E-state index contributed by atoms with van der Waals surface area (Å²) in [7, 11) is 0. The minimum Gasteiger partial charge on any atom is -0.507 e. The summed E-state index contributed by atoms with van der Waals surface area (Å²) in [6.07, 6.45) is 0.746. The van der Waals surface area contributed by atoms with Crippen LogP contribution in [-0.4, -0.2) is 16.0 Å². The van der Waals surface area contributed by atoms with E-state index in [1.54, 1.807) is 13.8 Å². The quantitative estimate of drug-likeness (QED) is 0.848. The molecule has 4 heteroatoms. The van der Waals surface area contributed by atoms with Crippen molar-refractivity contribution in [3.05, 3.63) is 17.3 Å². The van der Waals surface area contributed by atoms with Crippen molar-refractivity contribution >= 4 is 11.7 Å². The molecule has 1 amide bonds. The highest BCUT2D eigenvalue weighted by atomic mass is 16.3. The van der Waals surface area contributed by atoms with Gasteiger partial charge in [-0.2, -0.15) is 0 Å². The van der Waals surface area contributed by atoms with E-state index in [1.807, 2.05) is 20.8 Å². The van der Waals surface area contributed by atoms with Crippen LogP contribution in [0.3, 0.4) is 0 Å². The van der Waals surface area contributed by atoms with Gasteiger partial charge in [0.1, 0.15) is 11.6 Å². The molecular formula is C13H20N2O2. The largest absolute Gasteiger partial charge is 0.507 e. The Kier molecular flexibility index (Phi) is 3.76. The fourth-order valence-corrected chi connectivity index (χ4v) is 1.23. The predicted octanol–water partition coefficient (Wildman–Crippen LogP) is 2.78. The molecule has 1 aromatic heterocycles. The van der Waals surface area contributed by atoms with Crippen LogP contribution in [0.5, 0.6) is 5.75 Å². The van der Waals surface area contributed by atoms with E-state index in [2.05, 4.69) is 10.3 Å². The van der Waals surface area contributed by atoms with Gasteiger partial charge in [-0.3, -0.25) is 4.79 Å². The highest BCUT2D eigenvalue weighted by Crippen LogP contribution is 2.25. The van der Waals surface area contributed by atoms with Crippen LogP contribution in [0.4, 0.5) is 5.82 Å². The number of carbonyl (C=O) groups is 1. The first kappa shape index (κ1) is 13.5. The molecule has 0 spiro atoms. The normalized spacial score (nSPS) is 11.4. The number of amides is 1. The molecule has 0 saturated heterocycles. The van der Waals surface area contributed by atoms with E-state index in [0.717, 1.165) is 17.7 Å². The van der Waals surface area contributed by atoms with Gasteiger partial charge in [-0.1, -0.05) is 20.8 Å². The van der Waals surface area contributed by atoms with Crippen LogP contribution in [0.15, 0.2) is 6.07 Å². The Balaban J connectivity index is 2.94. The molecule has 1 heterocycles. The van der Waals surface area contributed by atoms with Crippen LogP contribution >= 0.6 is 0 Å². The van der Waals surface area contributed by atoms with Gasteiger partial charge in [0, 0.05) is 22.7 Å². The molecule has 0 aliphatic heterocycles. The van der Waals surface area contributed by atoms with Crippen molar-refractivity contribution in [1.82, 2.24) is 4.98 Å². The molecule has 0 saturated carbocycles. The van der Waals surface area contributed by atoms with Crippen LogP contribution in [0.2, 0.25) is 0 Å². The monoisotopic (exact) mass is 236 g/mol. The van der Waals surface area contributed by atoms with Gasteiger partial charge in [-0.05, 0) is 20.3 Å². The highest BCUT2D eigenvalue weighted by Gasteiger charge is 2.25. The molecule has 17 heavy (non-hydrogen) atoms. The van der Waals surface area contributed by atoms with Gasteiger partial charge in [0.25, 0.3) is 0 Å². The van der Waals surface area contributed by atoms with E-state index in [4.69, 9.17) is 0 Å². The summed E-state index contributed by atoms with van der Waals surface area (Å²) >= 11 is 0. The van der Waals surface area contributed by atoms with E-state index in [9.17, 15) is 9.90 Å². The first-order chi connectivity index (χ1) is 7.77. The van der Waals surface area contributed by atoms with E-state index in [0.29, 0.717) is 5.82 Å². The number of aromatic hydroxyl groups is 1. The standard InChI is InChI=1S/C13H20N2O2/c1-6-13(4,5)12(17)15-11-7-10(16)8(2)9(3)14-11/h7H,6H2,1-5H3,(H2,14,15,16,17). The van der Waals surface area contributed by atoms with Crippen molar-refractivity contribution in [1.29, 1.82) is 0 Å². The first-order valence-corrected chi connectivity index (χ1v) is 5.76. The topological polar surface area (TPSA) is 62.2 Å². The number of hydrogen-bond acceptors (Lipinski definition) is 3. The summed E-state index contributed by atoms with van der Waals surface area (Å²) in [4.78, 5) is 16.2. The first-order valence-electron chi connectivity index (χ1n) is 5.76. The number of hydrogen-bond donors (Lipinski definition) is 2. The van der Waals surface area contributed by atoms with Gasteiger partial charge >= 0.3 is 0 Å². The maximum Gasteiger partial charge on any atom is 0.231 e. The van der Waals surface area contributed by atoms with Gasteiger partial charge in [-0.15, -0.1) is 0 Å². The lowest BCUT2D eigenvalue weighted by atomic mass is 9.89. The number of carbonyl (C=O) groups excluding carboxylic acids is 1. The third-order valence-electron chi connectivity index (χ3n) is 3.23. The second-order valence-corrected chi connectivity index (χ2v) is 4.93. The Morgan fingerprint density at radius 3 is 2.53 bits per heavy atom. The van der Waals surface area contributed by atoms with Crippen molar-refractivity contribution in [2.45, 2.75) is 41.0 Å². The molecular weight excluding hydrogens is 216 g/mol. The molecule has 0 aliphatic carbocycles. The number of nitrogens with zero attached hydrogens (tertiary/aromatic N) is 1. The Morgan fingerprint density at radius 1 is 1.47 bits per heavy atom. The molecule has 1 aromatic rings. The Morgan fingerprint density at radius 2 is 2.06 bits per heavy atom. The van der Waals surface area contributed by atoms with Crippen molar-refractivity contribution in [3.8, 4) is 5.75 Å². The molecule has 2 N–H and O–H groups in total. The maximum atomic E-state index is 11.9. The van der Waals surface area contributed by atoms with E-state index in [-0.39, 0.29) is 11.7 Å². The van der Waals surface area contributed by atoms with E-state index in [1.165, 1.54) is 6.07 Å². The second-order valence-electron chi connectivity index (χ2n) is 4.93. The third-order valence-corrected chi connectivity index (χ3v) is 3.23. The molecule has 0 unspecified atom stereocenters. The Labute approximate surface area is 102 Å². The summed E-state index contributed by atoms with van der Waals surface area (Å²) in [6.45, 7) is 9.31. The van der Waals surface area contributed by atoms with Crippen molar-refractivity contribution in [3.63, 3.8) is 0 Å². The van der Waals surface area contributed by atoms with Crippen LogP contribution in [-0.2, 0) is 4.79 Å². The SMILES string of the molecule is CCC(C)(C)C(=O)Nc1cc(O)c(C)c(C)n1. The van der Waals surface area contributed by atoms with Gasteiger partial charge < -0.3 is 10.4 Å². The summed E-state index contributed by atoms with van der Waals surface area (Å²) in [5.74, 6) is 0.467. The number of anilines is 1. The number of aromatic nitrogens is 1. The molecule has 0 atom stereocenters. The molecule has 94 valence electrons. The fraction of sp³-hybridized carbons (Fsp3) is 0.538.